The summed E-state index contributed by atoms with van der Waals surface area (Å²) >= 11 is 0. The number of nitrogens with zero attached hydrogens (tertiary/aromatic N) is 3. The minimum Gasteiger partial charge on any atom is -0.357 e. The van der Waals surface area contributed by atoms with Crippen LogP contribution in [0.1, 0.15) is 13.3 Å². The third-order valence-corrected chi connectivity index (χ3v) is 4.84. The van der Waals surface area contributed by atoms with E-state index in [9.17, 15) is 8.42 Å². The molecule has 1 aliphatic heterocycles. The van der Waals surface area contributed by atoms with E-state index in [0.29, 0.717) is 25.5 Å². The fourth-order valence-corrected chi connectivity index (χ4v) is 3.79. The molecule has 0 bridgehead atoms. The van der Waals surface area contributed by atoms with Crippen molar-refractivity contribution in [1.82, 2.24) is 20.4 Å². The van der Waals surface area contributed by atoms with E-state index in [1.165, 1.54) is 0 Å². The smallest absolute Gasteiger partial charge is 0.191 e. The molecular formula is C12H21N5O2S. The standard InChI is InChI=1S/C12H21N5O2S/c1-2-13-12(14-6-8-17-7-3-5-15-17)16-11-4-9-20(18,19)10-11/h3,5,7,11H,2,4,6,8-10H2,1H3,(H2,13,14,16). The fraction of sp³-hybridized carbons (Fsp3) is 0.667. The molecule has 8 heteroatoms. The molecule has 112 valence electrons. The first-order valence-corrected chi connectivity index (χ1v) is 8.64. The van der Waals surface area contributed by atoms with E-state index in [0.717, 1.165) is 6.54 Å². The van der Waals surface area contributed by atoms with Crippen LogP contribution in [0.15, 0.2) is 23.5 Å². The van der Waals surface area contributed by atoms with Crippen LogP contribution in [0.5, 0.6) is 0 Å². The minimum atomic E-state index is -2.87. The molecule has 0 spiro atoms. The number of aliphatic imine (C=N–C) groups is 1. The van der Waals surface area contributed by atoms with Gasteiger partial charge in [0, 0.05) is 25.0 Å². The Hall–Kier alpha value is -1.57. The Morgan fingerprint density at radius 1 is 1.55 bits per heavy atom. The van der Waals surface area contributed by atoms with E-state index in [4.69, 9.17) is 0 Å². The monoisotopic (exact) mass is 299 g/mol. The molecule has 0 radical (unpaired) electrons. The lowest BCUT2D eigenvalue weighted by atomic mass is 10.3. The van der Waals surface area contributed by atoms with Gasteiger partial charge in [0.05, 0.1) is 24.6 Å². The second kappa shape index (κ2) is 6.74. The maximum absolute atomic E-state index is 11.4. The highest BCUT2D eigenvalue weighted by atomic mass is 32.2. The van der Waals surface area contributed by atoms with Crippen LogP contribution in [-0.2, 0) is 16.4 Å². The molecule has 0 aromatic carbocycles. The summed E-state index contributed by atoms with van der Waals surface area (Å²) in [5, 5.41) is 10.4. The predicted molar refractivity (Wildman–Crippen MR) is 78.4 cm³/mol. The SMILES string of the molecule is CCNC(=NCCn1cccn1)NC1CCS(=O)(=O)C1. The number of hydrogen-bond donors (Lipinski definition) is 2. The Morgan fingerprint density at radius 3 is 3.00 bits per heavy atom. The topological polar surface area (TPSA) is 88.4 Å². The van der Waals surface area contributed by atoms with Crippen molar-refractivity contribution < 1.29 is 8.42 Å². The molecule has 1 aromatic rings. The molecule has 1 saturated heterocycles. The Kier molecular flexibility index (Phi) is 4.99. The highest BCUT2D eigenvalue weighted by Crippen LogP contribution is 2.10. The van der Waals surface area contributed by atoms with Crippen LogP contribution in [0.25, 0.3) is 0 Å². The first kappa shape index (κ1) is 14.8. The summed E-state index contributed by atoms with van der Waals surface area (Å²) in [5.74, 6) is 1.12. The molecule has 0 aliphatic carbocycles. The van der Waals surface area contributed by atoms with Crippen molar-refractivity contribution in [2.75, 3.05) is 24.6 Å². The second-order valence-corrected chi connectivity index (χ2v) is 7.00. The Labute approximate surface area is 119 Å². The van der Waals surface area contributed by atoms with Gasteiger partial charge in [-0.15, -0.1) is 0 Å². The molecule has 0 saturated carbocycles. The molecular weight excluding hydrogens is 278 g/mol. The van der Waals surface area contributed by atoms with Crippen LogP contribution < -0.4 is 10.6 Å². The van der Waals surface area contributed by atoms with Crippen molar-refractivity contribution >= 4 is 15.8 Å². The van der Waals surface area contributed by atoms with Gasteiger partial charge in [0.15, 0.2) is 15.8 Å². The molecule has 1 aromatic heterocycles. The Balaban J connectivity index is 1.86. The number of rotatable bonds is 5. The lowest BCUT2D eigenvalue weighted by Gasteiger charge is -2.15. The summed E-state index contributed by atoms with van der Waals surface area (Å²) in [6.07, 6.45) is 4.27. The second-order valence-electron chi connectivity index (χ2n) is 4.77. The third kappa shape index (κ3) is 4.52. The molecule has 1 atom stereocenters. The van der Waals surface area contributed by atoms with Crippen LogP contribution in [0.3, 0.4) is 0 Å². The maximum atomic E-state index is 11.4. The zero-order valence-electron chi connectivity index (χ0n) is 11.6. The lowest BCUT2D eigenvalue weighted by molar-refractivity contribution is 0.599. The quantitative estimate of drug-likeness (QED) is 0.572. The number of hydrogen-bond acceptors (Lipinski definition) is 4. The molecule has 20 heavy (non-hydrogen) atoms. The summed E-state index contributed by atoms with van der Waals surface area (Å²) in [5.41, 5.74) is 0. The van der Waals surface area contributed by atoms with Crippen molar-refractivity contribution in [3.05, 3.63) is 18.5 Å². The first-order chi connectivity index (χ1) is 9.59. The molecule has 0 amide bonds. The van der Waals surface area contributed by atoms with Crippen LogP contribution in [0.2, 0.25) is 0 Å². The summed E-state index contributed by atoms with van der Waals surface area (Å²) < 4.78 is 24.7. The summed E-state index contributed by atoms with van der Waals surface area (Å²) in [4.78, 5) is 4.44. The summed E-state index contributed by atoms with van der Waals surface area (Å²) in [6.45, 7) is 4.02. The number of aromatic nitrogens is 2. The van der Waals surface area contributed by atoms with Gasteiger partial charge in [-0.1, -0.05) is 0 Å². The van der Waals surface area contributed by atoms with Gasteiger partial charge in [-0.3, -0.25) is 9.67 Å². The van der Waals surface area contributed by atoms with Crippen molar-refractivity contribution in [2.45, 2.75) is 25.9 Å². The highest BCUT2D eigenvalue weighted by molar-refractivity contribution is 7.91. The third-order valence-electron chi connectivity index (χ3n) is 3.08. The van der Waals surface area contributed by atoms with Crippen LogP contribution in [0, 0.1) is 0 Å². The highest BCUT2D eigenvalue weighted by Gasteiger charge is 2.28. The number of sulfone groups is 1. The Morgan fingerprint density at radius 2 is 2.40 bits per heavy atom. The predicted octanol–water partition coefficient (Wildman–Crippen LogP) is -0.375. The van der Waals surface area contributed by atoms with Crippen LogP contribution in [-0.4, -0.2) is 54.8 Å². The summed E-state index contributed by atoms with van der Waals surface area (Å²) in [7, 11) is -2.87. The maximum Gasteiger partial charge on any atom is 0.191 e. The van der Waals surface area contributed by atoms with E-state index in [1.54, 1.807) is 6.20 Å². The molecule has 1 aliphatic rings. The molecule has 2 rings (SSSR count). The van der Waals surface area contributed by atoms with Crippen molar-refractivity contribution in [2.24, 2.45) is 4.99 Å². The van der Waals surface area contributed by atoms with Crippen molar-refractivity contribution in [1.29, 1.82) is 0 Å². The number of nitrogens with one attached hydrogen (secondary N) is 2. The first-order valence-electron chi connectivity index (χ1n) is 6.82. The van der Waals surface area contributed by atoms with E-state index >= 15 is 0 Å². The molecule has 2 N–H and O–H groups in total. The lowest BCUT2D eigenvalue weighted by Crippen LogP contribution is -2.44. The van der Waals surface area contributed by atoms with Gasteiger partial charge in [0.2, 0.25) is 0 Å². The van der Waals surface area contributed by atoms with Gasteiger partial charge in [0.1, 0.15) is 0 Å². The van der Waals surface area contributed by atoms with Crippen LogP contribution >= 0.6 is 0 Å². The van der Waals surface area contributed by atoms with Gasteiger partial charge < -0.3 is 10.6 Å². The zero-order chi connectivity index (χ0) is 14.4. The van der Waals surface area contributed by atoms with Gasteiger partial charge in [-0.2, -0.15) is 5.10 Å². The van der Waals surface area contributed by atoms with Crippen LogP contribution in [0.4, 0.5) is 0 Å². The zero-order valence-corrected chi connectivity index (χ0v) is 12.4. The van der Waals surface area contributed by atoms with E-state index in [1.807, 2.05) is 23.9 Å². The minimum absolute atomic E-state index is 0.0393. The van der Waals surface area contributed by atoms with Gasteiger partial charge in [-0.05, 0) is 19.4 Å². The van der Waals surface area contributed by atoms with E-state index in [2.05, 4.69) is 20.7 Å². The normalized spacial score (nSPS) is 21.9. The Bertz CT molecular complexity index is 538. The van der Waals surface area contributed by atoms with Crippen molar-refractivity contribution in [3.63, 3.8) is 0 Å². The molecule has 1 fully saturated rings. The molecule has 7 nitrogen and oxygen atoms in total. The van der Waals surface area contributed by atoms with Crippen molar-refractivity contribution in [3.8, 4) is 0 Å². The molecule has 1 unspecified atom stereocenters. The average molecular weight is 299 g/mol. The fourth-order valence-electron chi connectivity index (χ4n) is 2.12. The van der Waals surface area contributed by atoms with E-state index in [-0.39, 0.29) is 17.5 Å². The van der Waals surface area contributed by atoms with Gasteiger partial charge in [-0.25, -0.2) is 8.42 Å². The summed E-state index contributed by atoms with van der Waals surface area (Å²) in [6, 6.07) is 1.83. The largest absolute Gasteiger partial charge is 0.357 e. The van der Waals surface area contributed by atoms with Gasteiger partial charge in [0.25, 0.3) is 0 Å². The number of guanidine groups is 1. The average Bonchev–Trinajstić information content (AvgIpc) is 2.99. The molecule has 2 heterocycles. The van der Waals surface area contributed by atoms with E-state index < -0.39 is 9.84 Å². The van der Waals surface area contributed by atoms with Gasteiger partial charge >= 0.3 is 0 Å².